The van der Waals surface area contributed by atoms with E-state index in [1.165, 1.54) is 0 Å². The highest BCUT2D eigenvalue weighted by atomic mass is 32.2. The Morgan fingerprint density at radius 2 is 1.90 bits per heavy atom. The summed E-state index contributed by atoms with van der Waals surface area (Å²) in [6, 6.07) is 2.33. The number of benzene rings is 2. The van der Waals surface area contributed by atoms with Gasteiger partial charge in [0.15, 0.2) is 23.0 Å². The highest BCUT2D eigenvalue weighted by molar-refractivity contribution is 7.99. The molecule has 5 aliphatic rings. The van der Waals surface area contributed by atoms with Gasteiger partial charge in [-0.2, -0.15) is 5.26 Å². The Morgan fingerprint density at radius 3 is 2.63 bits per heavy atom. The average molecular weight is 579 g/mol. The van der Waals surface area contributed by atoms with Gasteiger partial charge in [-0.15, -0.1) is 11.8 Å². The second-order valence-electron chi connectivity index (χ2n) is 11.7. The van der Waals surface area contributed by atoms with Crippen LogP contribution in [-0.4, -0.2) is 78.4 Å². The Morgan fingerprint density at radius 1 is 1.15 bits per heavy atom. The third-order valence-electron chi connectivity index (χ3n) is 9.83. The fraction of sp³-hybridized carbons (Fsp3) is 0.533. The molecule has 2 fully saturated rings. The summed E-state index contributed by atoms with van der Waals surface area (Å²) in [7, 11) is 3.62. The van der Waals surface area contributed by atoms with E-state index in [4.69, 9.17) is 24.7 Å². The number of nitriles is 1. The summed E-state index contributed by atoms with van der Waals surface area (Å²) in [5.74, 6) is 1.88. The SMILES string of the molecule is COc1c(C)cc2c(c1O)[C@@H]1C3[C@@H]4SCC(N)C(=O)OC[C@H](c5c6c(c(C)c(C)c54)OCO6)N3[C@@H](C#N)[C@H](C2)N1C. The van der Waals surface area contributed by atoms with E-state index in [9.17, 15) is 15.2 Å². The minimum atomic E-state index is -0.776. The summed E-state index contributed by atoms with van der Waals surface area (Å²) >= 11 is 1.61. The average Bonchev–Trinajstić information content (AvgIpc) is 3.44. The number of hydrogen-bond acceptors (Lipinski definition) is 11. The maximum atomic E-state index is 12.9. The number of phenols is 1. The highest BCUT2D eigenvalue weighted by Crippen LogP contribution is 2.62. The van der Waals surface area contributed by atoms with Crippen molar-refractivity contribution in [2.24, 2.45) is 5.73 Å². The molecule has 41 heavy (non-hydrogen) atoms. The summed E-state index contributed by atoms with van der Waals surface area (Å²) in [6.45, 7) is 6.22. The number of aryl methyl sites for hydroxylation is 1. The number of carbonyl (C=O) groups is 1. The number of phenolic OH excluding ortho intramolecular Hbond substituents is 1. The Kier molecular flexibility index (Phi) is 6.14. The number of thioether (sulfide) groups is 1. The van der Waals surface area contributed by atoms with Crippen LogP contribution < -0.4 is 19.9 Å². The summed E-state index contributed by atoms with van der Waals surface area (Å²) in [5, 5.41) is 22.3. The number of fused-ring (bicyclic) bond motifs is 9. The molecule has 0 spiro atoms. The van der Waals surface area contributed by atoms with Crippen molar-refractivity contribution in [2.45, 2.75) is 68.7 Å². The third kappa shape index (κ3) is 3.51. The van der Waals surface area contributed by atoms with E-state index in [1.54, 1.807) is 18.9 Å². The molecule has 5 aliphatic heterocycles. The maximum Gasteiger partial charge on any atom is 0.323 e. The molecule has 7 atom stereocenters. The van der Waals surface area contributed by atoms with Crippen molar-refractivity contribution < 1.29 is 28.8 Å². The van der Waals surface area contributed by atoms with Crippen LogP contribution in [0, 0.1) is 32.1 Å². The summed E-state index contributed by atoms with van der Waals surface area (Å²) < 4.78 is 23.6. The van der Waals surface area contributed by atoms with Crippen molar-refractivity contribution in [2.75, 3.05) is 33.3 Å². The van der Waals surface area contributed by atoms with Crippen LogP contribution in [-0.2, 0) is 16.0 Å². The van der Waals surface area contributed by atoms with Gasteiger partial charge in [-0.05, 0) is 62.1 Å². The van der Waals surface area contributed by atoms with Crippen molar-refractivity contribution in [1.29, 1.82) is 5.26 Å². The second kappa shape index (κ2) is 9.42. The topological polar surface area (TPSA) is 131 Å². The van der Waals surface area contributed by atoms with Crippen LogP contribution in [0.25, 0.3) is 0 Å². The first-order chi connectivity index (χ1) is 19.7. The quantitative estimate of drug-likeness (QED) is 0.485. The number of ether oxygens (including phenoxy) is 4. The first-order valence-electron chi connectivity index (χ1n) is 13.9. The number of aromatic hydroxyl groups is 1. The van der Waals surface area contributed by atoms with Crippen LogP contribution in [0.3, 0.4) is 0 Å². The Balaban J connectivity index is 1.54. The van der Waals surface area contributed by atoms with Crippen LogP contribution in [0.15, 0.2) is 6.07 Å². The lowest BCUT2D eigenvalue weighted by atomic mass is 9.71. The molecular formula is C30H34N4O6S. The van der Waals surface area contributed by atoms with E-state index >= 15 is 0 Å². The lowest BCUT2D eigenvalue weighted by Gasteiger charge is -2.62. The molecule has 0 aliphatic carbocycles. The van der Waals surface area contributed by atoms with Gasteiger partial charge in [-0.1, -0.05) is 6.07 Å². The molecule has 5 heterocycles. The van der Waals surface area contributed by atoms with Crippen molar-refractivity contribution in [3.05, 3.63) is 45.0 Å². The highest BCUT2D eigenvalue weighted by Gasteiger charge is 2.60. The molecule has 10 nitrogen and oxygen atoms in total. The predicted octanol–water partition coefficient (Wildman–Crippen LogP) is 2.94. The van der Waals surface area contributed by atoms with Gasteiger partial charge in [0, 0.05) is 34.2 Å². The third-order valence-corrected chi connectivity index (χ3v) is 11.3. The zero-order valence-electron chi connectivity index (χ0n) is 23.8. The number of nitrogens with two attached hydrogens (primary N) is 1. The molecule has 0 amide bonds. The van der Waals surface area contributed by atoms with Gasteiger partial charge in [0.05, 0.1) is 25.3 Å². The fourth-order valence-corrected chi connectivity index (χ4v) is 9.44. The molecule has 2 aromatic carbocycles. The monoisotopic (exact) mass is 578 g/mol. The van der Waals surface area contributed by atoms with Crippen molar-refractivity contribution in [3.8, 4) is 29.1 Å². The molecule has 4 bridgehead atoms. The lowest BCUT2D eigenvalue weighted by Crippen LogP contribution is -2.69. The Bertz CT molecular complexity index is 1520. The summed E-state index contributed by atoms with van der Waals surface area (Å²) in [4.78, 5) is 17.4. The van der Waals surface area contributed by atoms with Gasteiger partial charge in [-0.3, -0.25) is 14.6 Å². The standard InChI is InChI=1S/C30H34N4O6S/c1-12-6-15-7-17-18(8-31)34-19-9-38-30(36)16(32)10-41-29(20-13(2)14(3)27-28(22(19)20)40-11-39-27)24(34)23(33(17)4)21(15)25(35)26(12)37-5/h6,16-19,23-24,29,35H,7,9-11,32H2,1-5H3/t16?,17-,18-,19+,23+,24?,29+/m0/s1. The normalized spacial score (nSPS) is 31.9. The molecule has 0 aromatic heterocycles. The maximum absolute atomic E-state index is 12.9. The van der Waals surface area contributed by atoms with Gasteiger partial charge in [0.25, 0.3) is 0 Å². The number of carbonyl (C=O) groups excluding carboxylic acids is 1. The number of nitrogens with zero attached hydrogens (tertiary/aromatic N) is 3. The lowest BCUT2D eigenvalue weighted by molar-refractivity contribution is -0.150. The molecule has 11 heteroatoms. The van der Waals surface area contributed by atoms with Gasteiger partial charge >= 0.3 is 5.97 Å². The van der Waals surface area contributed by atoms with E-state index in [0.717, 1.165) is 38.9 Å². The number of esters is 1. The fourth-order valence-electron chi connectivity index (χ4n) is 7.94. The van der Waals surface area contributed by atoms with Crippen LogP contribution in [0.1, 0.15) is 56.3 Å². The molecule has 2 aromatic rings. The van der Waals surface area contributed by atoms with Crippen molar-refractivity contribution >= 4 is 17.7 Å². The van der Waals surface area contributed by atoms with Gasteiger partial charge < -0.3 is 29.8 Å². The molecule has 0 saturated carbocycles. The molecule has 7 rings (SSSR count). The van der Waals surface area contributed by atoms with E-state index < -0.39 is 24.1 Å². The molecule has 216 valence electrons. The number of likely N-dealkylation sites (N-methyl/N-ethyl adjacent to an activating group) is 1. The number of cyclic esters (lactones) is 1. The van der Waals surface area contributed by atoms with Gasteiger partial charge in [-0.25, -0.2) is 0 Å². The predicted molar refractivity (Wildman–Crippen MR) is 151 cm³/mol. The van der Waals surface area contributed by atoms with Crippen LogP contribution in [0.5, 0.6) is 23.0 Å². The molecule has 0 radical (unpaired) electrons. The van der Waals surface area contributed by atoms with Crippen molar-refractivity contribution in [3.63, 3.8) is 0 Å². The zero-order valence-corrected chi connectivity index (χ0v) is 24.6. The van der Waals surface area contributed by atoms with Crippen molar-refractivity contribution in [1.82, 2.24) is 9.80 Å². The number of hydrogen-bond donors (Lipinski definition) is 2. The Labute approximate surface area is 243 Å². The Hall–Kier alpha value is -3.17. The van der Waals surface area contributed by atoms with E-state index in [1.807, 2.05) is 20.9 Å². The number of piperazine rings is 1. The first-order valence-corrected chi connectivity index (χ1v) is 15.0. The summed E-state index contributed by atoms with van der Waals surface area (Å²) in [5.41, 5.74) is 13.2. The van der Waals surface area contributed by atoms with E-state index in [-0.39, 0.29) is 42.5 Å². The molecule has 3 N–H and O–H groups in total. The minimum absolute atomic E-state index is 0.0309. The molecule has 2 saturated heterocycles. The second-order valence-corrected chi connectivity index (χ2v) is 12.9. The molecular weight excluding hydrogens is 544 g/mol. The minimum Gasteiger partial charge on any atom is -0.504 e. The zero-order chi connectivity index (χ0) is 28.9. The number of methoxy groups -OCH3 is 1. The number of rotatable bonds is 1. The first kappa shape index (κ1) is 26.7. The summed E-state index contributed by atoms with van der Waals surface area (Å²) in [6.07, 6.45) is 0.592. The van der Waals surface area contributed by atoms with E-state index in [0.29, 0.717) is 29.4 Å². The largest absolute Gasteiger partial charge is 0.504 e. The van der Waals surface area contributed by atoms with Crippen LogP contribution in [0.2, 0.25) is 0 Å². The van der Waals surface area contributed by atoms with Gasteiger partial charge in [0.2, 0.25) is 6.79 Å². The molecule has 2 unspecified atom stereocenters. The van der Waals surface area contributed by atoms with E-state index in [2.05, 4.69) is 28.9 Å². The van der Waals surface area contributed by atoms with Crippen LogP contribution in [0.4, 0.5) is 0 Å². The van der Waals surface area contributed by atoms with Crippen LogP contribution >= 0.6 is 11.8 Å². The smallest absolute Gasteiger partial charge is 0.323 e. The van der Waals surface area contributed by atoms with Gasteiger partial charge in [0.1, 0.15) is 18.7 Å².